The third kappa shape index (κ3) is 4.15. The zero-order valence-corrected chi connectivity index (χ0v) is 19.6. The van der Waals surface area contributed by atoms with Crippen molar-refractivity contribution in [1.29, 1.82) is 0 Å². The molecule has 2 N–H and O–H groups in total. The number of rotatable bonds is 7. The maximum Gasteiger partial charge on any atom is 0.249 e. The van der Waals surface area contributed by atoms with Gasteiger partial charge in [-0.15, -0.1) is 0 Å². The smallest absolute Gasteiger partial charge is 0.249 e. The Morgan fingerprint density at radius 1 is 0.970 bits per heavy atom. The van der Waals surface area contributed by atoms with Gasteiger partial charge in [0.25, 0.3) is 0 Å². The Labute approximate surface area is 194 Å². The van der Waals surface area contributed by atoms with Crippen LogP contribution in [0.3, 0.4) is 0 Å². The van der Waals surface area contributed by atoms with Crippen LogP contribution >= 0.6 is 0 Å². The fourth-order valence-electron chi connectivity index (χ4n) is 5.28. The van der Waals surface area contributed by atoms with Crippen molar-refractivity contribution in [3.05, 3.63) is 24.3 Å². The number of hydrogen-bond donors (Lipinski definition) is 2. The third-order valence-corrected chi connectivity index (χ3v) is 7.08. The van der Waals surface area contributed by atoms with E-state index in [9.17, 15) is 14.7 Å². The number of benzene rings is 1. The maximum atomic E-state index is 13.1. The molecule has 4 atom stereocenters. The molecule has 33 heavy (non-hydrogen) atoms. The predicted octanol–water partition coefficient (Wildman–Crippen LogP) is 2.20. The first-order valence-corrected chi connectivity index (χ1v) is 11.4. The Kier molecular flexibility index (Phi) is 6.81. The molecule has 2 aliphatic heterocycles. The van der Waals surface area contributed by atoms with Crippen LogP contribution in [-0.4, -0.2) is 73.4 Å². The van der Waals surface area contributed by atoms with E-state index < -0.39 is 24.1 Å². The fraction of sp³-hybridized carbons (Fsp3) is 0.583. The number of ether oxygens (including phenoxy) is 3. The van der Waals surface area contributed by atoms with Crippen LogP contribution in [0.5, 0.6) is 17.2 Å². The van der Waals surface area contributed by atoms with Crippen LogP contribution in [0.25, 0.3) is 0 Å². The van der Waals surface area contributed by atoms with Gasteiger partial charge in [-0.1, -0.05) is 31.4 Å². The summed E-state index contributed by atoms with van der Waals surface area (Å²) in [5.74, 6) is 0.356. The Morgan fingerprint density at radius 3 is 2.18 bits per heavy atom. The molecule has 2 fully saturated rings. The van der Waals surface area contributed by atoms with E-state index in [1.807, 2.05) is 6.08 Å². The molecule has 4 unspecified atom stereocenters. The molecule has 4 rings (SSSR count). The van der Waals surface area contributed by atoms with E-state index in [1.54, 1.807) is 23.2 Å². The van der Waals surface area contributed by atoms with E-state index in [1.165, 1.54) is 39.7 Å². The summed E-state index contributed by atoms with van der Waals surface area (Å²) in [6.45, 7) is 0. The molecule has 180 valence electrons. The average molecular weight is 460 g/mol. The Hall–Kier alpha value is -2.78. The van der Waals surface area contributed by atoms with E-state index in [0.29, 0.717) is 22.9 Å². The summed E-state index contributed by atoms with van der Waals surface area (Å²) < 4.78 is 16.3. The van der Waals surface area contributed by atoms with Crippen molar-refractivity contribution in [1.82, 2.24) is 9.91 Å². The molecular weight excluding hydrogens is 426 g/mol. The number of aliphatic hydroxyl groups excluding tert-OH is 1. The van der Waals surface area contributed by atoms with Gasteiger partial charge < -0.3 is 24.7 Å². The molecule has 0 spiro atoms. The summed E-state index contributed by atoms with van der Waals surface area (Å²) in [5.41, 5.74) is 3.89. The zero-order chi connectivity index (χ0) is 23.7. The summed E-state index contributed by atoms with van der Waals surface area (Å²) in [5, 5.41) is 13.1. The van der Waals surface area contributed by atoms with Gasteiger partial charge in [0.15, 0.2) is 11.5 Å². The summed E-state index contributed by atoms with van der Waals surface area (Å²) in [6, 6.07) is 2.25. The summed E-state index contributed by atoms with van der Waals surface area (Å²) >= 11 is 0. The first kappa shape index (κ1) is 23.4. The topological polar surface area (TPSA) is 101 Å². The first-order valence-electron chi connectivity index (χ1n) is 11.4. The highest BCUT2D eigenvalue weighted by molar-refractivity contribution is 6.08. The summed E-state index contributed by atoms with van der Waals surface area (Å²) in [7, 11) is 6.10. The van der Waals surface area contributed by atoms with Crippen molar-refractivity contribution in [2.24, 2.45) is 11.8 Å². The normalized spacial score (nSPS) is 26.8. The number of hydrazine groups is 1. The lowest BCUT2D eigenvalue weighted by Crippen LogP contribution is -2.58. The van der Waals surface area contributed by atoms with Gasteiger partial charge in [0, 0.05) is 19.2 Å². The maximum absolute atomic E-state index is 13.1. The van der Waals surface area contributed by atoms with Crippen LogP contribution in [0.1, 0.15) is 32.1 Å². The minimum Gasteiger partial charge on any atom is -0.493 e. The predicted molar refractivity (Wildman–Crippen MR) is 122 cm³/mol. The molecule has 1 saturated heterocycles. The fourth-order valence-corrected chi connectivity index (χ4v) is 5.28. The molecular formula is C24H33N3O6. The number of nitrogens with one attached hydrogen (secondary N) is 1. The van der Waals surface area contributed by atoms with Crippen LogP contribution in [0, 0.1) is 11.8 Å². The van der Waals surface area contributed by atoms with Gasteiger partial charge in [-0.2, -0.15) is 0 Å². The molecule has 1 aliphatic carbocycles. The van der Waals surface area contributed by atoms with Crippen LogP contribution in [0.2, 0.25) is 0 Å². The van der Waals surface area contributed by atoms with Gasteiger partial charge in [0.05, 0.1) is 45.1 Å². The van der Waals surface area contributed by atoms with Crippen LogP contribution in [0.4, 0.5) is 5.69 Å². The monoisotopic (exact) mass is 459 g/mol. The number of imide groups is 1. The molecule has 2 amide bonds. The van der Waals surface area contributed by atoms with Crippen LogP contribution < -0.4 is 19.6 Å². The van der Waals surface area contributed by atoms with Gasteiger partial charge in [-0.3, -0.25) is 14.5 Å². The number of carbonyl (C=O) groups excluding carboxylic acids is 2. The lowest BCUT2D eigenvalue weighted by atomic mass is 9.80. The summed E-state index contributed by atoms with van der Waals surface area (Å²) in [4.78, 5) is 26.9. The molecule has 1 aromatic rings. The van der Waals surface area contributed by atoms with Gasteiger partial charge in [0.2, 0.25) is 17.6 Å². The van der Waals surface area contributed by atoms with E-state index in [2.05, 4.69) is 5.43 Å². The second-order valence-corrected chi connectivity index (χ2v) is 8.90. The van der Waals surface area contributed by atoms with E-state index in [0.717, 1.165) is 25.7 Å². The number of methoxy groups -OCH3 is 3. The molecule has 0 radical (unpaired) electrons. The second kappa shape index (κ2) is 9.61. The average Bonchev–Trinajstić information content (AvgIpc) is 3.07. The standard InChI is InChI=1S/C24H33N3O6/c1-26-23(29)16-10-11-17(21(28)14-8-6-5-7-9-14)27(20(16)24(26)30)25-15-12-18(31-2)22(33-4)19(13-15)32-3/h10-14,16-17,20-21,25,28H,5-9H2,1-4H3. The minimum absolute atomic E-state index is 0.138. The number of anilines is 1. The van der Waals surface area contributed by atoms with Gasteiger partial charge in [-0.05, 0) is 18.8 Å². The summed E-state index contributed by atoms with van der Waals surface area (Å²) in [6.07, 6.45) is 8.21. The second-order valence-electron chi connectivity index (χ2n) is 8.90. The Bertz CT molecular complexity index is 904. The number of carbonyl (C=O) groups is 2. The molecule has 0 bridgehead atoms. The SMILES string of the molecule is COc1cc(NN2C(C(O)C3CCCCC3)C=CC3C(=O)N(C)C(=O)C32)cc(OC)c1OC. The molecule has 3 aliphatic rings. The number of hydrogen-bond acceptors (Lipinski definition) is 8. The first-order chi connectivity index (χ1) is 15.9. The molecule has 9 nitrogen and oxygen atoms in total. The van der Waals surface area contributed by atoms with E-state index in [-0.39, 0.29) is 17.7 Å². The minimum atomic E-state index is -0.755. The lowest BCUT2D eigenvalue weighted by molar-refractivity contribution is -0.138. The number of fused-ring (bicyclic) bond motifs is 1. The van der Waals surface area contributed by atoms with Crippen LogP contribution in [-0.2, 0) is 9.59 Å². The van der Waals surface area contributed by atoms with Crippen molar-refractivity contribution in [3.63, 3.8) is 0 Å². The van der Waals surface area contributed by atoms with Crippen molar-refractivity contribution in [3.8, 4) is 17.2 Å². The van der Waals surface area contributed by atoms with Crippen LogP contribution in [0.15, 0.2) is 24.3 Å². The zero-order valence-electron chi connectivity index (χ0n) is 19.6. The third-order valence-electron chi connectivity index (χ3n) is 7.08. The van der Waals surface area contributed by atoms with Gasteiger partial charge in [-0.25, -0.2) is 5.01 Å². The van der Waals surface area contributed by atoms with E-state index >= 15 is 0 Å². The highest BCUT2D eigenvalue weighted by Crippen LogP contribution is 2.42. The van der Waals surface area contributed by atoms with E-state index in [4.69, 9.17) is 14.2 Å². The Balaban J connectivity index is 1.72. The molecule has 1 saturated carbocycles. The Morgan fingerprint density at radius 2 is 1.61 bits per heavy atom. The molecule has 2 heterocycles. The largest absolute Gasteiger partial charge is 0.493 e. The van der Waals surface area contributed by atoms with Crippen molar-refractivity contribution < 1.29 is 28.9 Å². The van der Waals surface area contributed by atoms with Crippen molar-refractivity contribution >= 4 is 17.5 Å². The van der Waals surface area contributed by atoms with Crippen molar-refractivity contribution in [2.45, 2.75) is 50.3 Å². The number of likely N-dealkylation sites (tertiary alicyclic amines) is 1. The van der Waals surface area contributed by atoms with Crippen molar-refractivity contribution in [2.75, 3.05) is 33.8 Å². The number of nitrogens with zero attached hydrogens (tertiary/aromatic N) is 2. The van der Waals surface area contributed by atoms with Gasteiger partial charge in [0.1, 0.15) is 6.04 Å². The molecule has 1 aromatic carbocycles. The quantitative estimate of drug-likeness (QED) is 0.473. The molecule has 0 aromatic heterocycles. The number of amides is 2. The van der Waals surface area contributed by atoms with Gasteiger partial charge >= 0.3 is 0 Å². The number of likely N-dealkylation sites (N-methyl/N-ethyl adjacent to an activating group) is 1. The lowest BCUT2D eigenvalue weighted by Gasteiger charge is -2.43. The molecule has 9 heteroatoms. The number of aliphatic hydroxyl groups is 1. The highest BCUT2D eigenvalue weighted by atomic mass is 16.5. The highest BCUT2D eigenvalue weighted by Gasteiger charge is 2.52.